The zero-order valence-electron chi connectivity index (χ0n) is 17.7. The molecule has 2 heterocycles. The van der Waals surface area contributed by atoms with E-state index in [1.54, 1.807) is 19.2 Å². The van der Waals surface area contributed by atoms with Crippen LogP contribution in [-0.2, 0) is 14.3 Å². The van der Waals surface area contributed by atoms with Gasteiger partial charge < -0.3 is 19.5 Å². The number of nitrogens with zero attached hydrogens (tertiary/aromatic N) is 1. The molecule has 0 bridgehead atoms. The van der Waals surface area contributed by atoms with E-state index in [9.17, 15) is 14.7 Å². The highest BCUT2D eigenvalue weighted by Crippen LogP contribution is 2.41. The number of aryl methyl sites for hydroxylation is 1. The number of hydrogen-bond donors (Lipinski definition) is 1. The summed E-state index contributed by atoms with van der Waals surface area (Å²) in [5.41, 5.74) is 1.39. The molecule has 1 fully saturated rings. The van der Waals surface area contributed by atoms with Gasteiger partial charge in [0.1, 0.15) is 11.5 Å². The van der Waals surface area contributed by atoms with Crippen LogP contribution in [0.25, 0.3) is 5.76 Å². The van der Waals surface area contributed by atoms with Crippen molar-refractivity contribution < 1.29 is 24.2 Å². The first-order valence-corrected chi connectivity index (χ1v) is 10.8. The van der Waals surface area contributed by atoms with E-state index in [2.05, 4.69) is 13.8 Å². The number of benzene rings is 1. The highest BCUT2D eigenvalue weighted by molar-refractivity contribution is 7.10. The Hall–Kier alpha value is -2.64. The monoisotopic (exact) mass is 429 g/mol. The number of carbonyl (C=O) groups is 2. The SMILES string of the molecule is COCCN1C(=O)C(=O)C(=C(O)c2ccc(OCC(C)C)cc2C)[C@H]1c1cccs1. The van der Waals surface area contributed by atoms with Gasteiger partial charge >= 0.3 is 0 Å². The second kappa shape index (κ2) is 9.45. The van der Waals surface area contributed by atoms with Crippen LogP contribution in [-0.4, -0.2) is 48.6 Å². The molecule has 1 aliphatic rings. The normalized spacial score (nSPS) is 18.4. The van der Waals surface area contributed by atoms with Gasteiger partial charge in [0.05, 0.1) is 24.8 Å². The van der Waals surface area contributed by atoms with E-state index in [4.69, 9.17) is 9.47 Å². The van der Waals surface area contributed by atoms with E-state index in [1.807, 2.05) is 30.5 Å². The minimum atomic E-state index is -0.679. The molecule has 1 saturated heterocycles. The largest absolute Gasteiger partial charge is 0.507 e. The quantitative estimate of drug-likeness (QED) is 0.387. The summed E-state index contributed by atoms with van der Waals surface area (Å²) in [6.07, 6.45) is 0. The van der Waals surface area contributed by atoms with Gasteiger partial charge in [-0.2, -0.15) is 0 Å². The van der Waals surface area contributed by atoms with Crippen LogP contribution in [0.3, 0.4) is 0 Å². The number of ether oxygens (including phenoxy) is 2. The first-order valence-electron chi connectivity index (χ1n) is 9.89. The van der Waals surface area contributed by atoms with Crippen LogP contribution in [0.1, 0.15) is 35.9 Å². The molecule has 0 spiro atoms. The number of carbonyl (C=O) groups excluding carboxylic acids is 2. The third kappa shape index (κ3) is 4.42. The molecule has 2 aromatic rings. The maximum Gasteiger partial charge on any atom is 0.295 e. The molecule has 1 atom stereocenters. The van der Waals surface area contributed by atoms with Gasteiger partial charge in [-0.25, -0.2) is 0 Å². The van der Waals surface area contributed by atoms with Crippen molar-refractivity contribution in [3.8, 4) is 5.75 Å². The van der Waals surface area contributed by atoms with Gasteiger partial charge in [0, 0.05) is 24.1 Å². The highest BCUT2D eigenvalue weighted by atomic mass is 32.1. The molecule has 1 N–H and O–H groups in total. The van der Waals surface area contributed by atoms with E-state index in [0.29, 0.717) is 30.4 Å². The number of Topliss-reactive ketones (excluding diaryl/α,β-unsaturated/α-hetero) is 1. The van der Waals surface area contributed by atoms with E-state index >= 15 is 0 Å². The average molecular weight is 430 g/mol. The summed E-state index contributed by atoms with van der Waals surface area (Å²) in [7, 11) is 1.54. The van der Waals surface area contributed by atoms with E-state index in [0.717, 1.165) is 10.4 Å². The predicted molar refractivity (Wildman–Crippen MR) is 117 cm³/mol. The van der Waals surface area contributed by atoms with Gasteiger partial charge in [-0.3, -0.25) is 9.59 Å². The Kier molecular flexibility index (Phi) is 6.95. The average Bonchev–Trinajstić information content (AvgIpc) is 3.32. The first kappa shape index (κ1) is 22.1. The van der Waals surface area contributed by atoms with Crippen molar-refractivity contribution in [2.75, 3.05) is 26.9 Å². The van der Waals surface area contributed by atoms with Gasteiger partial charge in [-0.15, -0.1) is 11.3 Å². The van der Waals surface area contributed by atoms with Crippen molar-refractivity contribution >= 4 is 28.8 Å². The van der Waals surface area contributed by atoms with Crippen molar-refractivity contribution in [2.45, 2.75) is 26.8 Å². The molecule has 1 amide bonds. The molecule has 0 radical (unpaired) electrons. The molecule has 30 heavy (non-hydrogen) atoms. The summed E-state index contributed by atoms with van der Waals surface area (Å²) < 4.78 is 10.9. The smallest absolute Gasteiger partial charge is 0.295 e. The summed E-state index contributed by atoms with van der Waals surface area (Å²) >= 11 is 1.44. The number of ketones is 1. The minimum Gasteiger partial charge on any atom is -0.507 e. The van der Waals surface area contributed by atoms with Crippen LogP contribution in [0.2, 0.25) is 0 Å². The summed E-state index contributed by atoms with van der Waals surface area (Å²) in [4.78, 5) is 27.9. The molecule has 0 saturated carbocycles. The number of likely N-dealkylation sites (tertiary alicyclic amines) is 1. The Morgan fingerprint density at radius 3 is 2.63 bits per heavy atom. The van der Waals surface area contributed by atoms with Crippen molar-refractivity contribution in [2.24, 2.45) is 5.92 Å². The first-order chi connectivity index (χ1) is 14.3. The number of amides is 1. The minimum absolute atomic E-state index is 0.109. The maximum atomic E-state index is 12.9. The summed E-state index contributed by atoms with van der Waals surface area (Å²) in [6, 6.07) is 8.43. The zero-order valence-corrected chi connectivity index (χ0v) is 18.5. The number of methoxy groups -OCH3 is 1. The molecule has 160 valence electrons. The summed E-state index contributed by atoms with van der Waals surface area (Å²) in [5, 5.41) is 13.0. The number of rotatable bonds is 8. The van der Waals surface area contributed by atoms with Crippen LogP contribution in [0.5, 0.6) is 5.75 Å². The van der Waals surface area contributed by atoms with Crippen LogP contribution in [0.15, 0.2) is 41.3 Å². The van der Waals surface area contributed by atoms with E-state index < -0.39 is 17.7 Å². The third-order valence-corrected chi connectivity index (χ3v) is 5.85. The van der Waals surface area contributed by atoms with Gasteiger partial charge in [0.25, 0.3) is 11.7 Å². The van der Waals surface area contributed by atoms with Crippen molar-refractivity contribution in [3.63, 3.8) is 0 Å². The number of thiophene rings is 1. The van der Waals surface area contributed by atoms with Crippen molar-refractivity contribution in [1.29, 1.82) is 0 Å². The van der Waals surface area contributed by atoms with Crippen LogP contribution in [0.4, 0.5) is 0 Å². The molecular formula is C23H27NO5S. The second-order valence-electron chi connectivity index (χ2n) is 7.68. The molecule has 0 unspecified atom stereocenters. The Bertz CT molecular complexity index is 949. The van der Waals surface area contributed by atoms with Crippen LogP contribution in [0, 0.1) is 12.8 Å². The fourth-order valence-electron chi connectivity index (χ4n) is 3.44. The van der Waals surface area contributed by atoms with Crippen LogP contribution >= 0.6 is 11.3 Å². The molecule has 6 nitrogen and oxygen atoms in total. The molecule has 0 aliphatic carbocycles. The topological polar surface area (TPSA) is 76.1 Å². The number of aliphatic hydroxyl groups excluding tert-OH is 1. The van der Waals surface area contributed by atoms with Gasteiger partial charge in [0.15, 0.2) is 0 Å². The van der Waals surface area contributed by atoms with Gasteiger partial charge in [-0.05, 0) is 48.1 Å². The maximum absolute atomic E-state index is 12.9. The van der Waals surface area contributed by atoms with E-state index in [1.165, 1.54) is 16.2 Å². The van der Waals surface area contributed by atoms with Crippen molar-refractivity contribution in [1.82, 2.24) is 4.90 Å². The predicted octanol–water partition coefficient (Wildman–Crippen LogP) is 4.16. The van der Waals surface area contributed by atoms with Gasteiger partial charge in [-0.1, -0.05) is 19.9 Å². The Morgan fingerprint density at radius 1 is 1.27 bits per heavy atom. The zero-order chi connectivity index (χ0) is 21.8. The highest BCUT2D eigenvalue weighted by Gasteiger charge is 2.46. The second-order valence-corrected chi connectivity index (χ2v) is 8.66. The number of hydrogen-bond acceptors (Lipinski definition) is 6. The Morgan fingerprint density at radius 2 is 2.03 bits per heavy atom. The lowest BCUT2D eigenvalue weighted by Gasteiger charge is -2.23. The lowest BCUT2D eigenvalue weighted by atomic mass is 9.97. The molecule has 1 aromatic carbocycles. The summed E-state index contributed by atoms with van der Waals surface area (Å²) in [6.45, 7) is 7.14. The standard InChI is InChI=1S/C23H27NO5S/c1-14(2)13-29-16-7-8-17(15(3)12-16)21(25)19-20(18-6-5-11-30-18)24(9-10-28-4)23(27)22(19)26/h5-8,11-12,14,20,25H,9-10,13H2,1-4H3/t20-/m1/s1. The molecular weight excluding hydrogens is 402 g/mol. The fraction of sp³-hybridized carbons (Fsp3) is 0.391. The van der Waals surface area contributed by atoms with Crippen molar-refractivity contribution in [3.05, 3.63) is 57.3 Å². The molecule has 1 aliphatic heterocycles. The Labute approximate surface area is 180 Å². The molecule has 7 heteroatoms. The Balaban J connectivity index is 2.03. The third-order valence-electron chi connectivity index (χ3n) is 4.93. The van der Waals surface area contributed by atoms with Gasteiger partial charge in [0.2, 0.25) is 0 Å². The van der Waals surface area contributed by atoms with E-state index in [-0.39, 0.29) is 17.9 Å². The lowest BCUT2D eigenvalue weighted by molar-refractivity contribution is -0.140. The molecule has 3 rings (SSSR count). The fourth-order valence-corrected chi connectivity index (χ4v) is 4.29. The lowest BCUT2D eigenvalue weighted by Crippen LogP contribution is -2.32. The number of aliphatic hydroxyl groups is 1. The molecule has 1 aromatic heterocycles. The van der Waals surface area contributed by atoms with Crippen LogP contribution < -0.4 is 4.74 Å². The summed E-state index contributed by atoms with van der Waals surface area (Å²) in [5.74, 6) is -0.372.